The van der Waals surface area contributed by atoms with Gasteiger partial charge in [0.1, 0.15) is 6.42 Å². The summed E-state index contributed by atoms with van der Waals surface area (Å²) in [5, 5.41) is 8.96. The number of aliphatic carboxylic acids is 1. The maximum Gasteiger partial charge on any atom is 0.311 e. The molecule has 0 radical (unpaired) electrons. The molecule has 0 saturated heterocycles. The molecule has 0 bridgehead atoms. The van der Waals surface area contributed by atoms with Crippen molar-refractivity contribution in [3.8, 4) is 0 Å². The molecule has 0 saturated carbocycles. The summed E-state index contributed by atoms with van der Waals surface area (Å²) in [5.41, 5.74) is 0.804. The summed E-state index contributed by atoms with van der Waals surface area (Å²) in [4.78, 5) is 21.2. The molecule has 15 heavy (non-hydrogen) atoms. The van der Waals surface area contributed by atoms with E-state index in [9.17, 15) is 9.59 Å². The van der Waals surface area contributed by atoms with Crippen LogP contribution in [0.4, 0.5) is 0 Å². The summed E-state index contributed by atoms with van der Waals surface area (Å²) in [6.45, 7) is 0. The van der Waals surface area contributed by atoms with Crippen molar-refractivity contribution in [3.05, 3.63) is 40.9 Å². The van der Waals surface area contributed by atoms with Gasteiger partial charge in [0.15, 0.2) is 5.78 Å². The van der Waals surface area contributed by atoms with Gasteiger partial charge >= 0.3 is 5.97 Å². The first-order valence-electron chi connectivity index (χ1n) is 4.26. The lowest BCUT2D eigenvalue weighted by molar-refractivity contribution is -0.139. The molecule has 1 N–H and O–H groups in total. The molecule has 0 spiro atoms. The minimum atomic E-state index is -1.12. The van der Waals surface area contributed by atoms with E-state index in [0.29, 0.717) is 5.02 Å². The molecule has 1 aromatic carbocycles. The zero-order valence-corrected chi connectivity index (χ0v) is 8.57. The largest absolute Gasteiger partial charge is 0.481 e. The number of halogens is 1. The van der Waals surface area contributed by atoms with E-state index in [4.69, 9.17) is 16.7 Å². The Morgan fingerprint density at radius 3 is 2.40 bits per heavy atom. The van der Waals surface area contributed by atoms with Gasteiger partial charge in [-0.3, -0.25) is 9.59 Å². The Balaban J connectivity index is 2.61. The lowest BCUT2D eigenvalue weighted by Crippen LogP contribution is -2.02. The van der Waals surface area contributed by atoms with E-state index in [1.54, 1.807) is 30.3 Å². The van der Waals surface area contributed by atoms with Crippen LogP contribution in [0.2, 0.25) is 5.02 Å². The highest BCUT2D eigenvalue weighted by molar-refractivity contribution is 6.30. The molecule has 1 rings (SSSR count). The third-order valence-electron chi connectivity index (χ3n) is 1.66. The quantitative estimate of drug-likeness (QED) is 0.631. The van der Waals surface area contributed by atoms with Crippen LogP contribution >= 0.6 is 11.6 Å². The van der Waals surface area contributed by atoms with Crippen molar-refractivity contribution in [1.82, 2.24) is 0 Å². The number of hydrogen-bond donors (Lipinski definition) is 1. The predicted molar refractivity (Wildman–Crippen MR) is 57.7 cm³/mol. The van der Waals surface area contributed by atoms with Crippen molar-refractivity contribution in [2.75, 3.05) is 0 Å². The van der Waals surface area contributed by atoms with Gasteiger partial charge < -0.3 is 5.11 Å². The van der Waals surface area contributed by atoms with Crippen LogP contribution in [0.25, 0.3) is 6.08 Å². The first-order chi connectivity index (χ1) is 7.08. The average molecular weight is 225 g/mol. The number of rotatable bonds is 4. The first kappa shape index (κ1) is 11.5. The standard InChI is InChI=1S/C11H9ClO3/c12-9-4-1-8(2-5-9)3-6-10(13)7-11(14)15/h1-6H,7H2,(H,14,15). The minimum Gasteiger partial charge on any atom is -0.481 e. The number of carbonyl (C=O) groups is 2. The number of carboxylic acid groups (broad SMARTS) is 1. The van der Waals surface area contributed by atoms with E-state index in [1.165, 1.54) is 6.08 Å². The van der Waals surface area contributed by atoms with E-state index >= 15 is 0 Å². The fourth-order valence-corrected chi connectivity index (χ4v) is 1.10. The van der Waals surface area contributed by atoms with Crippen LogP contribution < -0.4 is 0 Å². The van der Waals surface area contributed by atoms with Crippen LogP contribution in [0.5, 0.6) is 0 Å². The summed E-state index contributed by atoms with van der Waals surface area (Å²) in [6, 6.07) is 6.88. The predicted octanol–water partition coefficient (Wildman–Crippen LogP) is 2.40. The number of carboxylic acids is 1. The van der Waals surface area contributed by atoms with Crippen LogP contribution in [-0.4, -0.2) is 16.9 Å². The van der Waals surface area contributed by atoms with Gasteiger partial charge in [-0.1, -0.05) is 29.8 Å². The smallest absolute Gasteiger partial charge is 0.311 e. The number of benzene rings is 1. The van der Waals surface area contributed by atoms with Crippen molar-refractivity contribution >= 4 is 29.4 Å². The molecule has 0 aliphatic rings. The molecule has 0 fully saturated rings. The topological polar surface area (TPSA) is 54.4 Å². The highest BCUT2D eigenvalue weighted by Gasteiger charge is 2.02. The SMILES string of the molecule is O=C(O)CC(=O)C=Cc1ccc(Cl)cc1. The minimum absolute atomic E-state index is 0.433. The van der Waals surface area contributed by atoms with Gasteiger partial charge in [0.05, 0.1) is 0 Å². The molecule has 0 aromatic heterocycles. The summed E-state index contributed by atoms with van der Waals surface area (Å²) >= 11 is 5.67. The summed E-state index contributed by atoms with van der Waals surface area (Å²) in [6.07, 6.45) is 2.32. The van der Waals surface area contributed by atoms with Gasteiger partial charge in [0.2, 0.25) is 0 Å². The Labute approximate surface area is 92.0 Å². The molecule has 0 aliphatic heterocycles. The summed E-state index contributed by atoms with van der Waals surface area (Å²) < 4.78 is 0. The molecular weight excluding hydrogens is 216 g/mol. The summed E-state index contributed by atoms with van der Waals surface area (Å²) in [5.74, 6) is -1.56. The number of ketones is 1. The molecule has 0 atom stereocenters. The third-order valence-corrected chi connectivity index (χ3v) is 1.91. The average Bonchev–Trinajstić information content (AvgIpc) is 2.16. The number of allylic oxidation sites excluding steroid dienone is 1. The zero-order valence-electron chi connectivity index (χ0n) is 7.81. The van der Waals surface area contributed by atoms with Crippen LogP contribution in [0, 0.1) is 0 Å². The Hall–Kier alpha value is -1.61. The van der Waals surface area contributed by atoms with Gasteiger partial charge in [-0.2, -0.15) is 0 Å². The fraction of sp³-hybridized carbons (Fsp3) is 0.0909. The van der Waals surface area contributed by atoms with E-state index in [2.05, 4.69) is 0 Å². The van der Waals surface area contributed by atoms with E-state index in [-0.39, 0.29) is 0 Å². The van der Waals surface area contributed by atoms with Crippen molar-refractivity contribution in [1.29, 1.82) is 0 Å². The monoisotopic (exact) mass is 224 g/mol. The Morgan fingerprint density at radius 1 is 1.27 bits per heavy atom. The van der Waals surface area contributed by atoms with Crippen LogP contribution in [-0.2, 0) is 9.59 Å². The normalized spacial score (nSPS) is 10.5. The highest BCUT2D eigenvalue weighted by Crippen LogP contribution is 2.10. The zero-order chi connectivity index (χ0) is 11.3. The van der Waals surface area contributed by atoms with Gasteiger partial charge in [-0.25, -0.2) is 0 Å². The lowest BCUT2D eigenvalue weighted by atomic mass is 10.2. The lowest BCUT2D eigenvalue weighted by Gasteiger charge is -1.93. The number of hydrogen-bond acceptors (Lipinski definition) is 2. The van der Waals surface area contributed by atoms with Crippen LogP contribution in [0.15, 0.2) is 30.3 Å². The van der Waals surface area contributed by atoms with E-state index in [1.807, 2.05) is 0 Å². The van der Waals surface area contributed by atoms with Crippen LogP contribution in [0.1, 0.15) is 12.0 Å². The molecule has 78 valence electrons. The van der Waals surface area contributed by atoms with Gasteiger partial charge in [0, 0.05) is 5.02 Å². The number of carbonyl (C=O) groups excluding carboxylic acids is 1. The molecule has 0 amide bonds. The van der Waals surface area contributed by atoms with Gasteiger partial charge in [-0.05, 0) is 23.8 Å². The Kier molecular flexibility index (Phi) is 4.06. The van der Waals surface area contributed by atoms with Gasteiger partial charge in [-0.15, -0.1) is 0 Å². The maximum atomic E-state index is 11.0. The molecule has 3 nitrogen and oxygen atoms in total. The maximum absolute atomic E-state index is 11.0. The van der Waals surface area contributed by atoms with Crippen molar-refractivity contribution < 1.29 is 14.7 Å². The molecule has 1 aromatic rings. The summed E-state index contributed by atoms with van der Waals surface area (Å²) in [7, 11) is 0. The van der Waals surface area contributed by atoms with Gasteiger partial charge in [0.25, 0.3) is 0 Å². The Bertz CT molecular complexity index is 393. The molecule has 4 heteroatoms. The second-order valence-corrected chi connectivity index (χ2v) is 3.36. The molecule has 0 aliphatic carbocycles. The van der Waals surface area contributed by atoms with Crippen LogP contribution in [0.3, 0.4) is 0 Å². The highest BCUT2D eigenvalue weighted by atomic mass is 35.5. The van der Waals surface area contributed by atoms with E-state index in [0.717, 1.165) is 5.56 Å². The Morgan fingerprint density at radius 2 is 1.87 bits per heavy atom. The molecule has 0 unspecified atom stereocenters. The van der Waals surface area contributed by atoms with Crippen molar-refractivity contribution in [3.63, 3.8) is 0 Å². The first-order valence-corrected chi connectivity index (χ1v) is 4.64. The fourth-order valence-electron chi connectivity index (χ4n) is 0.971. The van der Waals surface area contributed by atoms with Crippen molar-refractivity contribution in [2.45, 2.75) is 6.42 Å². The molecule has 0 heterocycles. The third kappa shape index (κ3) is 4.42. The second kappa shape index (κ2) is 5.32. The van der Waals surface area contributed by atoms with E-state index < -0.39 is 18.2 Å². The molecular formula is C11H9ClO3. The second-order valence-electron chi connectivity index (χ2n) is 2.92. The van der Waals surface area contributed by atoms with Crippen molar-refractivity contribution in [2.24, 2.45) is 0 Å².